The molecule has 1 aromatic carbocycles. The number of likely N-dealkylation sites (tertiary alicyclic amines) is 1. The molecule has 0 unspecified atom stereocenters. The number of ether oxygens (including phenoxy) is 2. The van der Waals surface area contributed by atoms with Crippen molar-refractivity contribution in [3.63, 3.8) is 0 Å². The number of guanidine groups is 1. The van der Waals surface area contributed by atoms with Gasteiger partial charge < -0.3 is 30.0 Å². The molecule has 1 aromatic heterocycles. The number of nitrogens with one attached hydrogen (secondary N) is 3. The van der Waals surface area contributed by atoms with Crippen LogP contribution in [0.15, 0.2) is 23.2 Å². The van der Waals surface area contributed by atoms with Crippen LogP contribution in [0.2, 0.25) is 0 Å². The number of H-pyrrole nitrogens is 1. The molecule has 8 heteroatoms. The van der Waals surface area contributed by atoms with Crippen molar-refractivity contribution in [2.24, 2.45) is 10.9 Å². The quantitative estimate of drug-likeness (QED) is 0.315. The average molecular weight is 444 g/mol. The Labute approximate surface area is 190 Å². The molecule has 3 rings (SSSR count). The molecule has 1 amide bonds. The molecule has 0 atom stereocenters. The molecule has 1 aliphatic rings. The number of hydrogen-bond acceptors (Lipinski definition) is 4. The molecule has 0 aliphatic carbocycles. The second kappa shape index (κ2) is 11.6. The second-order valence-electron chi connectivity index (χ2n) is 8.23. The van der Waals surface area contributed by atoms with Gasteiger partial charge >= 0.3 is 0 Å². The van der Waals surface area contributed by atoms with Crippen LogP contribution in [-0.2, 0) is 11.2 Å². The summed E-state index contributed by atoms with van der Waals surface area (Å²) in [6, 6.07) is 6.06. The number of hydrogen-bond donors (Lipinski definition) is 3. The minimum atomic E-state index is 0.136. The maximum atomic E-state index is 11.6. The first-order valence-electron chi connectivity index (χ1n) is 11.5. The summed E-state index contributed by atoms with van der Waals surface area (Å²) in [5.41, 5.74) is 2.19. The predicted octanol–water partition coefficient (Wildman–Crippen LogP) is 2.93. The van der Waals surface area contributed by atoms with Gasteiger partial charge in [0, 0.05) is 62.9 Å². The second-order valence-corrected chi connectivity index (χ2v) is 8.23. The fourth-order valence-corrected chi connectivity index (χ4v) is 4.25. The number of aromatic nitrogens is 1. The fourth-order valence-electron chi connectivity index (χ4n) is 4.25. The summed E-state index contributed by atoms with van der Waals surface area (Å²) < 4.78 is 10.9. The summed E-state index contributed by atoms with van der Waals surface area (Å²) in [6.07, 6.45) is 4.54. The first-order valence-corrected chi connectivity index (χ1v) is 11.5. The molecule has 2 heterocycles. The SMILES string of the molecule is CCNC(=NCCCc1cc2c(OC)cc(OC)cc2[nH]1)N1CCC(CC(=O)NC)CC1. The maximum absolute atomic E-state index is 11.6. The summed E-state index contributed by atoms with van der Waals surface area (Å²) in [7, 11) is 5.05. The number of benzene rings is 1. The van der Waals surface area contributed by atoms with E-state index in [4.69, 9.17) is 14.5 Å². The minimum Gasteiger partial charge on any atom is -0.497 e. The highest BCUT2D eigenvalue weighted by molar-refractivity contribution is 5.88. The van der Waals surface area contributed by atoms with Crippen molar-refractivity contribution in [3.05, 3.63) is 23.9 Å². The van der Waals surface area contributed by atoms with Crippen molar-refractivity contribution in [3.8, 4) is 11.5 Å². The maximum Gasteiger partial charge on any atom is 0.220 e. The van der Waals surface area contributed by atoms with Gasteiger partial charge in [-0.05, 0) is 44.6 Å². The monoisotopic (exact) mass is 443 g/mol. The van der Waals surface area contributed by atoms with Gasteiger partial charge in [-0.15, -0.1) is 0 Å². The molecule has 0 spiro atoms. The van der Waals surface area contributed by atoms with Crippen LogP contribution in [0.25, 0.3) is 10.9 Å². The molecule has 1 aliphatic heterocycles. The van der Waals surface area contributed by atoms with Gasteiger partial charge in [-0.2, -0.15) is 0 Å². The van der Waals surface area contributed by atoms with E-state index in [-0.39, 0.29) is 5.91 Å². The molecule has 1 saturated heterocycles. The predicted molar refractivity (Wildman–Crippen MR) is 129 cm³/mol. The van der Waals surface area contributed by atoms with Gasteiger partial charge in [-0.3, -0.25) is 9.79 Å². The number of methoxy groups -OCH3 is 2. The lowest BCUT2D eigenvalue weighted by Crippen LogP contribution is -2.46. The van der Waals surface area contributed by atoms with E-state index in [1.54, 1.807) is 21.3 Å². The summed E-state index contributed by atoms with van der Waals surface area (Å²) in [4.78, 5) is 22.3. The van der Waals surface area contributed by atoms with E-state index >= 15 is 0 Å². The smallest absolute Gasteiger partial charge is 0.220 e. The van der Waals surface area contributed by atoms with Crippen LogP contribution in [0.3, 0.4) is 0 Å². The molecule has 176 valence electrons. The first-order chi connectivity index (χ1) is 15.6. The Balaban J connectivity index is 1.55. The lowest BCUT2D eigenvalue weighted by molar-refractivity contribution is -0.121. The van der Waals surface area contributed by atoms with Crippen LogP contribution in [0, 0.1) is 5.92 Å². The molecule has 0 bridgehead atoms. The molecule has 32 heavy (non-hydrogen) atoms. The van der Waals surface area contributed by atoms with Gasteiger partial charge in [0.1, 0.15) is 11.5 Å². The van der Waals surface area contributed by atoms with E-state index in [1.165, 1.54) is 5.69 Å². The Morgan fingerprint density at radius 3 is 2.66 bits per heavy atom. The number of nitrogens with zero attached hydrogens (tertiary/aromatic N) is 2. The standard InChI is InChI=1S/C24H37N5O3/c1-5-26-24(29-11-8-17(9-12-29)13-23(30)25-2)27-10-6-7-18-14-20-21(28-18)15-19(31-3)16-22(20)32-4/h14-17,28H,5-13H2,1-4H3,(H,25,30)(H,26,27). The Kier molecular flexibility index (Phi) is 8.64. The van der Waals surface area contributed by atoms with Crippen molar-refractivity contribution < 1.29 is 14.3 Å². The van der Waals surface area contributed by atoms with Crippen molar-refractivity contribution in [1.29, 1.82) is 0 Å². The highest BCUT2D eigenvalue weighted by atomic mass is 16.5. The number of fused-ring (bicyclic) bond motifs is 1. The topological polar surface area (TPSA) is 91.0 Å². The van der Waals surface area contributed by atoms with Crippen LogP contribution in [-0.4, -0.2) is 69.2 Å². The molecule has 2 aromatic rings. The number of aryl methyl sites for hydroxylation is 1. The number of aliphatic imine (C=N–C) groups is 1. The number of carbonyl (C=O) groups excluding carboxylic acids is 1. The number of rotatable bonds is 9. The van der Waals surface area contributed by atoms with Crippen molar-refractivity contribution in [1.82, 2.24) is 20.5 Å². The third-order valence-corrected chi connectivity index (χ3v) is 6.05. The molecule has 1 fully saturated rings. The fraction of sp³-hybridized carbons (Fsp3) is 0.583. The lowest BCUT2D eigenvalue weighted by atomic mass is 9.93. The van der Waals surface area contributed by atoms with Crippen molar-refractivity contribution in [2.45, 2.75) is 39.0 Å². The first kappa shape index (κ1) is 23.8. The highest BCUT2D eigenvalue weighted by Crippen LogP contribution is 2.31. The van der Waals surface area contributed by atoms with E-state index in [2.05, 4.69) is 33.5 Å². The number of piperidine rings is 1. The highest BCUT2D eigenvalue weighted by Gasteiger charge is 2.23. The zero-order valence-electron chi connectivity index (χ0n) is 19.8. The molecule has 8 nitrogen and oxygen atoms in total. The zero-order chi connectivity index (χ0) is 22.9. The molecule has 0 saturated carbocycles. The van der Waals surface area contributed by atoms with Crippen LogP contribution in [0.1, 0.15) is 38.3 Å². The Hall–Kier alpha value is -2.90. The molecule has 3 N–H and O–H groups in total. The number of carbonyl (C=O) groups is 1. The largest absolute Gasteiger partial charge is 0.497 e. The number of amides is 1. The minimum absolute atomic E-state index is 0.136. The zero-order valence-corrected chi connectivity index (χ0v) is 19.8. The summed E-state index contributed by atoms with van der Waals surface area (Å²) in [6.45, 7) is 5.59. The number of aromatic amines is 1. The van der Waals surface area contributed by atoms with Crippen molar-refractivity contribution in [2.75, 3.05) is 47.4 Å². The van der Waals surface area contributed by atoms with E-state index in [9.17, 15) is 4.79 Å². The summed E-state index contributed by atoms with van der Waals surface area (Å²) >= 11 is 0. The molecular weight excluding hydrogens is 406 g/mol. The van der Waals surface area contributed by atoms with Gasteiger partial charge in [-0.25, -0.2) is 0 Å². The van der Waals surface area contributed by atoms with Gasteiger partial charge in [0.25, 0.3) is 0 Å². The lowest BCUT2D eigenvalue weighted by Gasteiger charge is -2.34. The summed E-state index contributed by atoms with van der Waals surface area (Å²) in [5.74, 6) is 3.17. The molecular formula is C24H37N5O3. The van der Waals surface area contributed by atoms with E-state index in [0.717, 1.165) is 80.2 Å². The van der Waals surface area contributed by atoms with Gasteiger partial charge in [-0.1, -0.05) is 0 Å². The van der Waals surface area contributed by atoms with Crippen molar-refractivity contribution >= 4 is 22.8 Å². The Morgan fingerprint density at radius 1 is 1.22 bits per heavy atom. The van der Waals surface area contributed by atoms with E-state index in [0.29, 0.717) is 12.3 Å². The Bertz CT molecular complexity index is 916. The third-order valence-electron chi connectivity index (χ3n) is 6.05. The van der Waals surface area contributed by atoms with Crippen LogP contribution < -0.4 is 20.1 Å². The Morgan fingerprint density at radius 2 is 2.00 bits per heavy atom. The normalized spacial score (nSPS) is 15.1. The van der Waals surface area contributed by atoms with E-state index in [1.807, 2.05) is 12.1 Å². The third kappa shape index (κ3) is 6.08. The van der Waals surface area contributed by atoms with Gasteiger partial charge in [0.05, 0.1) is 19.7 Å². The van der Waals surface area contributed by atoms with Gasteiger partial charge in [0.15, 0.2) is 5.96 Å². The van der Waals surface area contributed by atoms with Crippen LogP contribution in [0.5, 0.6) is 11.5 Å². The molecule has 0 radical (unpaired) electrons. The summed E-state index contributed by atoms with van der Waals surface area (Å²) in [5, 5.41) is 7.23. The van der Waals surface area contributed by atoms with E-state index < -0.39 is 0 Å². The average Bonchev–Trinajstić information content (AvgIpc) is 3.23. The van der Waals surface area contributed by atoms with Crippen LogP contribution in [0.4, 0.5) is 0 Å². The van der Waals surface area contributed by atoms with Gasteiger partial charge in [0.2, 0.25) is 5.91 Å². The van der Waals surface area contributed by atoms with Crippen LogP contribution >= 0.6 is 0 Å².